The van der Waals surface area contributed by atoms with E-state index in [1.54, 1.807) is 17.0 Å². The quantitative estimate of drug-likeness (QED) is 0.398. The average Bonchev–Trinajstić information content (AvgIpc) is 3.17. The van der Waals surface area contributed by atoms with Gasteiger partial charge in [-0.2, -0.15) is 5.10 Å². The number of aryl methyl sites for hydroxylation is 1. The van der Waals surface area contributed by atoms with Gasteiger partial charge in [-0.05, 0) is 31.2 Å². The monoisotopic (exact) mass is 398 g/mol. The number of hydrogen-bond acceptors (Lipinski definition) is 5. The number of hydrogen-bond donors (Lipinski definition) is 1. The summed E-state index contributed by atoms with van der Waals surface area (Å²) in [6.07, 6.45) is 4.62. The van der Waals surface area contributed by atoms with E-state index in [9.17, 15) is 14.7 Å². The van der Waals surface area contributed by atoms with E-state index in [0.29, 0.717) is 11.3 Å². The highest BCUT2D eigenvalue weighted by Crippen LogP contribution is 2.25. The van der Waals surface area contributed by atoms with Crippen LogP contribution in [0, 0.1) is 6.92 Å². The van der Waals surface area contributed by atoms with Gasteiger partial charge in [0, 0.05) is 23.4 Å². The number of aromatic hydroxyl groups is 1. The molecule has 0 aliphatic carbocycles. The third-order valence-electron chi connectivity index (χ3n) is 4.53. The number of benzene rings is 2. The third kappa shape index (κ3) is 3.84. The maximum atomic E-state index is 12.6. The minimum atomic E-state index is -0.870. The maximum absolute atomic E-state index is 12.6. The summed E-state index contributed by atoms with van der Waals surface area (Å²) in [5, 5.41) is 14.7. The van der Waals surface area contributed by atoms with Gasteiger partial charge >= 0.3 is 5.63 Å². The van der Waals surface area contributed by atoms with Crippen molar-refractivity contribution >= 4 is 11.9 Å². The van der Waals surface area contributed by atoms with Crippen LogP contribution < -0.4 is 5.63 Å². The van der Waals surface area contributed by atoms with Crippen LogP contribution >= 0.6 is 0 Å². The summed E-state index contributed by atoms with van der Waals surface area (Å²) in [6.45, 7) is 1.52. The molecule has 2 aromatic carbocycles. The highest BCUT2D eigenvalue weighted by Gasteiger charge is 2.17. The molecule has 0 amide bonds. The summed E-state index contributed by atoms with van der Waals surface area (Å²) < 4.78 is 6.66. The van der Waals surface area contributed by atoms with E-state index in [0.717, 1.165) is 11.3 Å². The van der Waals surface area contributed by atoms with Crippen molar-refractivity contribution in [3.8, 4) is 22.7 Å². The Labute approximate surface area is 172 Å². The summed E-state index contributed by atoms with van der Waals surface area (Å²) in [4.78, 5) is 24.6. The molecule has 6 nitrogen and oxygen atoms in total. The van der Waals surface area contributed by atoms with Crippen LogP contribution in [0.1, 0.15) is 21.7 Å². The highest BCUT2D eigenvalue weighted by atomic mass is 16.4. The molecule has 4 rings (SSSR count). The van der Waals surface area contributed by atoms with Crippen LogP contribution in [0.4, 0.5) is 0 Å². The van der Waals surface area contributed by atoms with Gasteiger partial charge in [-0.15, -0.1) is 0 Å². The van der Waals surface area contributed by atoms with E-state index in [2.05, 4.69) is 5.10 Å². The van der Waals surface area contributed by atoms with Gasteiger partial charge in [0.25, 0.3) is 0 Å². The van der Waals surface area contributed by atoms with Crippen molar-refractivity contribution in [1.29, 1.82) is 0 Å². The highest BCUT2D eigenvalue weighted by molar-refractivity contribution is 6.08. The zero-order valence-corrected chi connectivity index (χ0v) is 16.1. The van der Waals surface area contributed by atoms with Crippen molar-refractivity contribution in [2.75, 3.05) is 0 Å². The molecule has 0 bridgehead atoms. The first-order valence-electron chi connectivity index (χ1n) is 9.29. The molecule has 0 spiro atoms. The van der Waals surface area contributed by atoms with Crippen LogP contribution in [0.5, 0.6) is 5.75 Å². The number of para-hydroxylation sites is 1. The van der Waals surface area contributed by atoms with Gasteiger partial charge in [0.05, 0.1) is 11.4 Å². The second kappa shape index (κ2) is 8.05. The Morgan fingerprint density at radius 3 is 2.40 bits per heavy atom. The maximum Gasteiger partial charge on any atom is 0.351 e. The van der Waals surface area contributed by atoms with Crippen LogP contribution in [-0.4, -0.2) is 20.7 Å². The number of carbonyl (C=O) groups excluding carboxylic acids is 1. The van der Waals surface area contributed by atoms with Gasteiger partial charge in [-0.3, -0.25) is 4.79 Å². The molecule has 6 heteroatoms. The number of carbonyl (C=O) groups is 1. The molecule has 148 valence electrons. The van der Waals surface area contributed by atoms with Gasteiger partial charge in [-0.1, -0.05) is 48.5 Å². The molecule has 1 N–H and O–H groups in total. The zero-order chi connectivity index (χ0) is 21.1. The zero-order valence-electron chi connectivity index (χ0n) is 16.1. The Morgan fingerprint density at radius 1 is 1.07 bits per heavy atom. The lowest BCUT2D eigenvalue weighted by atomic mass is 10.1. The molecule has 0 saturated carbocycles. The molecule has 2 heterocycles. The number of allylic oxidation sites excluding steroid dienone is 1. The lowest BCUT2D eigenvalue weighted by molar-refractivity contribution is 0.104. The van der Waals surface area contributed by atoms with Gasteiger partial charge in [0.1, 0.15) is 17.1 Å². The van der Waals surface area contributed by atoms with E-state index < -0.39 is 22.7 Å². The molecule has 0 aliphatic heterocycles. The Bertz CT molecular complexity index is 1290. The molecule has 0 fully saturated rings. The normalized spacial score (nSPS) is 11.1. The molecular weight excluding hydrogens is 380 g/mol. The van der Waals surface area contributed by atoms with Gasteiger partial charge in [-0.25, -0.2) is 9.48 Å². The van der Waals surface area contributed by atoms with Crippen molar-refractivity contribution in [1.82, 2.24) is 9.78 Å². The second-order valence-corrected chi connectivity index (χ2v) is 6.68. The standard InChI is InChI=1S/C24H18N2O4/c1-16-14-21(28)22(24(29)30-16)20(27)13-12-18-15-26(19-10-6-3-7-11-19)25-23(18)17-8-4-2-5-9-17/h2-15,28H,1H3/b13-12+. The molecule has 2 aromatic heterocycles. The fourth-order valence-corrected chi connectivity index (χ4v) is 3.11. The van der Waals surface area contributed by atoms with E-state index >= 15 is 0 Å². The predicted octanol–water partition coefficient (Wildman–Crippen LogP) is 4.40. The van der Waals surface area contributed by atoms with Gasteiger partial charge in [0.2, 0.25) is 0 Å². The van der Waals surface area contributed by atoms with Crippen LogP contribution in [0.15, 0.2) is 88.2 Å². The fourth-order valence-electron chi connectivity index (χ4n) is 3.11. The third-order valence-corrected chi connectivity index (χ3v) is 4.53. The summed E-state index contributed by atoms with van der Waals surface area (Å²) in [5.74, 6) is -0.817. The molecule has 0 atom stereocenters. The first kappa shape index (κ1) is 19.1. The average molecular weight is 398 g/mol. The number of rotatable bonds is 5. The van der Waals surface area contributed by atoms with E-state index in [1.807, 2.05) is 60.7 Å². The van der Waals surface area contributed by atoms with Crippen LogP contribution in [-0.2, 0) is 0 Å². The lowest BCUT2D eigenvalue weighted by Crippen LogP contribution is -2.12. The summed E-state index contributed by atoms with van der Waals surface area (Å²) >= 11 is 0. The Morgan fingerprint density at radius 2 is 1.73 bits per heavy atom. The number of nitrogens with zero attached hydrogens (tertiary/aromatic N) is 2. The van der Waals surface area contributed by atoms with E-state index in [-0.39, 0.29) is 5.76 Å². The molecule has 30 heavy (non-hydrogen) atoms. The molecule has 0 saturated heterocycles. The smallest absolute Gasteiger partial charge is 0.351 e. The van der Waals surface area contributed by atoms with E-state index in [1.165, 1.54) is 19.1 Å². The van der Waals surface area contributed by atoms with Crippen LogP contribution in [0.25, 0.3) is 23.0 Å². The van der Waals surface area contributed by atoms with Crippen molar-refractivity contribution in [3.63, 3.8) is 0 Å². The minimum absolute atomic E-state index is 0.230. The van der Waals surface area contributed by atoms with E-state index in [4.69, 9.17) is 4.42 Å². The Kier molecular flexibility index (Phi) is 5.13. The summed E-state index contributed by atoms with van der Waals surface area (Å²) in [6, 6.07) is 20.4. The van der Waals surface area contributed by atoms with Crippen molar-refractivity contribution in [2.45, 2.75) is 6.92 Å². The largest absolute Gasteiger partial charge is 0.507 e. The van der Waals surface area contributed by atoms with Crippen LogP contribution in [0.2, 0.25) is 0 Å². The first-order chi connectivity index (χ1) is 14.5. The van der Waals surface area contributed by atoms with Crippen LogP contribution in [0.3, 0.4) is 0 Å². The lowest BCUT2D eigenvalue weighted by Gasteiger charge is -2.00. The topological polar surface area (TPSA) is 85.3 Å². The summed E-state index contributed by atoms with van der Waals surface area (Å²) in [7, 11) is 0. The van der Waals surface area contributed by atoms with Gasteiger partial charge in [0.15, 0.2) is 5.78 Å². The van der Waals surface area contributed by atoms with Gasteiger partial charge < -0.3 is 9.52 Å². The summed E-state index contributed by atoms with van der Waals surface area (Å²) in [5.41, 5.74) is 1.87. The Balaban J connectivity index is 1.76. The van der Waals surface area contributed by atoms with Crippen molar-refractivity contribution in [3.05, 3.63) is 106 Å². The molecule has 0 aliphatic rings. The number of aromatic nitrogens is 2. The minimum Gasteiger partial charge on any atom is -0.507 e. The van der Waals surface area contributed by atoms with Crippen molar-refractivity contribution < 1.29 is 14.3 Å². The predicted molar refractivity (Wildman–Crippen MR) is 114 cm³/mol. The number of ketones is 1. The first-order valence-corrected chi connectivity index (χ1v) is 9.29. The molecular formula is C24H18N2O4. The molecule has 0 radical (unpaired) electrons. The molecule has 0 unspecified atom stereocenters. The van der Waals surface area contributed by atoms with Crippen molar-refractivity contribution in [2.24, 2.45) is 0 Å². The second-order valence-electron chi connectivity index (χ2n) is 6.68. The fraction of sp³-hybridized carbons (Fsp3) is 0.0417. The Hall–Kier alpha value is -4.19. The molecule has 4 aromatic rings. The SMILES string of the molecule is Cc1cc(O)c(C(=O)/C=C/c2cn(-c3ccccc3)nc2-c2ccccc2)c(=O)o1.